The van der Waals surface area contributed by atoms with Crippen LogP contribution < -0.4 is 5.32 Å². The molecular formula is C12H13F2N3S2. The van der Waals surface area contributed by atoms with Gasteiger partial charge in [0.25, 0.3) is 5.76 Å². The van der Waals surface area contributed by atoms with E-state index in [1.165, 1.54) is 0 Å². The lowest BCUT2D eigenvalue weighted by Gasteiger charge is -2.04. The van der Waals surface area contributed by atoms with E-state index in [1.54, 1.807) is 24.3 Å². The average molecular weight is 301 g/mol. The van der Waals surface area contributed by atoms with E-state index >= 15 is 0 Å². The van der Waals surface area contributed by atoms with Gasteiger partial charge < -0.3 is 5.32 Å². The highest BCUT2D eigenvalue weighted by Gasteiger charge is 2.11. The van der Waals surface area contributed by atoms with Crippen LogP contribution in [0.5, 0.6) is 0 Å². The highest BCUT2D eigenvalue weighted by Crippen LogP contribution is 2.30. The van der Waals surface area contributed by atoms with Crippen molar-refractivity contribution in [1.82, 2.24) is 8.75 Å². The maximum Gasteiger partial charge on any atom is 0.288 e. The minimum Gasteiger partial charge on any atom is -0.367 e. The smallest absolute Gasteiger partial charge is 0.288 e. The molecular weight excluding hydrogens is 288 g/mol. The predicted molar refractivity (Wildman–Crippen MR) is 76.0 cm³/mol. The van der Waals surface area contributed by atoms with Crippen LogP contribution in [0.15, 0.2) is 29.2 Å². The van der Waals surface area contributed by atoms with Crippen LogP contribution >= 0.6 is 23.5 Å². The van der Waals surface area contributed by atoms with E-state index in [1.807, 2.05) is 0 Å². The Kier molecular flexibility index (Phi) is 5.09. The van der Waals surface area contributed by atoms with Crippen molar-refractivity contribution < 1.29 is 8.78 Å². The molecule has 0 radical (unpaired) electrons. The summed E-state index contributed by atoms with van der Waals surface area (Å²) < 4.78 is 32.9. The Hall–Kier alpha value is -1.21. The number of benzene rings is 1. The molecule has 0 amide bonds. The molecule has 0 aliphatic carbocycles. The van der Waals surface area contributed by atoms with Crippen LogP contribution in [0.25, 0.3) is 11.3 Å². The van der Waals surface area contributed by atoms with Crippen LogP contribution in [0.2, 0.25) is 0 Å². The van der Waals surface area contributed by atoms with Crippen molar-refractivity contribution >= 4 is 29.3 Å². The molecule has 2 aromatic rings. The number of thioether (sulfide) groups is 1. The zero-order chi connectivity index (χ0) is 13.7. The van der Waals surface area contributed by atoms with Crippen molar-refractivity contribution in [3.63, 3.8) is 0 Å². The summed E-state index contributed by atoms with van der Waals surface area (Å²) in [4.78, 5) is 0.546. The molecule has 1 N–H and O–H groups in total. The van der Waals surface area contributed by atoms with Gasteiger partial charge in [0.1, 0.15) is 5.69 Å². The largest absolute Gasteiger partial charge is 0.367 e. The van der Waals surface area contributed by atoms with E-state index in [0.717, 1.165) is 41.8 Å². The highest BCUT2D eigenvalue weighted by atomic mass is 32.2. The fraction of sp³-hybridized carbons (Fsp3) is 0.333. The first kappa shape index (κ1) is 14.2. The fourth-order valence-electron chi connectivity index (χ4n) is 1.53. The van der Waals surface area contributed by atoms with Gasteiger partial charge in [-0.05, 0) is 18.6 Å². The average Bonchev–Trinajstić information content (AvgIpc) is 2.85. The zero-order valence-electron chi connectivity index (χ0n) is 10.3. The highest BCUT2D eigenvalue weighted by molar-refractivity contribution is 7.99. The number of aromatic nitrogens is 2. The minimum absolute atomic E-state index is 0.540. The maximum atomic E-state index is 12.2. The van der Waals surface area contributed by atoms with E-state index in [4.69, 9.17) is 0 Å². The first-order chi connectivity index (χ1) is 9.20. The van der Waals surface area contributed by atoms with E-state index in [-0.39, 0.29) is 0 Å². The molecule has 0 saturated heterocycles. The summed E-state index contributed by atoms with van der Waals surface area (Å²) >= 11 is 1.68. The van der Waals surface area contributed by atoms with E-state index in [9.17, 15) is 8.78 Å². The number of hydrogen-bond acceptors (Lipinski definition) is 5. The van der Waals surface area contributed by atoms with Gasteiger partial charge in [0.15, 0.2) is 5.82 Å². The topological polar surface area (TPSA) is 37.8 Å². The van der Waals surface area contributed by atoms with E-state index in [2.05, 4.69) is 21.0 Å². The van der Waals surface area contributed by atoms with Crippen LogP contribution in [0.1, 0.15) is 13.3 Å². The summed E-state index contributed by atoms with van der Waals surface area (Å²) in [6, 6.07) is 6.93. The second-order valence-electron chi connectivity index (χ2n) is 3.79. The van der Waals surface area contributed by atoms with Gasteiger partial charge in [-0.25, -0.2) is 0 Å². The van der Waals surface area contributed by atoms with Gasteiger partial charge in [0.05, 0.1) is 11.7 Å². The van der Waals surface area contributed by atoms with Gasteiger partial charge in [-0.1, -0.05) is 30.8 Å². The molecule has 0 atom stereocenters. The number of nitrogens with one attached hydrogen (secondary N) is 1. The molecule has 7 heteroatoms. The van der Waals surface area contributed by atoms with E-state index < -0.39 is 5.76 Å². The molecule has 1 aromatic heterocycles. The number of nitrogens with zero attached hydrogens (tertiary/aromatic N) is 2. The van der Waals surface area contributed by atoms with Crippen LogP contribution in [0.4, 0.5) is 14.6 Å². The van der Waals surface area contributed by atoms with Gasteiger partial charge in [0, 0.05) is 17.0 Å². The minimum atomic E-state index is -2.39. The third-order valence-corrected chi connectivity index (χ3v) is 3.63. The second kappa shape index (κ2) is 6.81. The molecule has 0 unspecified atom stereocenters. The molecule has 102 valence electrons. The maximum absolute atomic E-state index is 12.2. The van der Waals surface area contributed by atoms with Crippen LogP contribution in [-0.2, 0) is 0 Å². The van der Waals surface area contributed by atoms with Crippen molar-refractivity contribution in [3.05, 3.63) is 24.3 Å². The molecule has 3 nitrogen and oxygen atoms in total. The number of alkyl halides is 2. The van der Waals surface area contributed by atoms with Crippen molar-refractivity contribution in [3.8, 4) is 11.3 Å². The molecule has 1 heterocycles. The monoisotopic (exact) mass is 301 g/mol. The summed E-state index contributed by atoms with van der Waals surface area (Å²) in [5.74, 6) is -1.64. The molecule has 19 heavy (non-hydrogen) atoms. The first-order valence-corrected chi connectivity index (χ1v) is 7.43. The van der Waals surface area contributed by atoms with Crippen molar-refractivity contribution in [2.24, 2.45) is 0 Å². The van der Waals surface area contributed by atoms with Gasteiger partial charge in [-0.3, -0.25) is 0 Å². The van der Waals surface area contributed by atoms with Gasteiger partial charge >= 0.3 is 0 Å². The van der Waals surface area contributed by atoms with Gasteiger partial charge in [-0.2, -0.15) is 17.5 Å². The van der Waals surface area contributed by atoms with Crippen LogP contribution in [0.3, 0.4) is 0 Å². The molecule has 0 fully saturated rings. The summed E-state index contributed by atoms with van der Waals surface area (Å²) in [5, 5.41) is 3.20. The number of rotatable bonds is 6. The fourth-order valence-corrected chi connectivity index (χ4v) is 2.58. The SMILES string of the molecule is CCCNc1nsnc1-c1ccc(SC(F)F)cc1. The molecule has 0 bridgehead atoms. The Morgan fingerprint density at radius 3 is 2.63 bits per heavy atom. The molecule has 0 spiro atoms. The molecule has 0 aliphatic rings. The quantitative estimate of drug-likeness (QED) is 0.805. The lowest BCUT2D eigenvalue weighted by Crippen LogP contribution is -2.01. The summed E-state index contributed by atoms with van der Waals surface area (Å²) in [6.07, 6.45) is 1.00. The molecule has 0 aliphatic heterocycles. The van der Waals surface area contributed by atoms with Gasteiger partial charge in [-0.15, -0.1) is 0 Å². The van der Waals surface area contributed by atoms with Crippen molar-refractivity contribution in [1.29, 1.82) is 0 Å². The molecule has 1 aromatic carbocycles. The third-order valence-electron chi connectivity index (χ3n) is 2.38. The molecule has 0 saturated carbocycles. The second-order valence-corrected chi connectivity index (χ2v) is 5.38. The Balaban J connectivity index is 2.15. The van der Waals surface area contributed by atoms with Crippen LogP contribution in [0, 0.1) is 0 Å². The summed E-state index contributed by atoms with van der Waals surface area (Å²) in [7, 11) is 0. The Labute approximate surface area is 118 Å². The Morgan fingerprint density at radius 1 is 1.26 bits per heavy atom. The Bertz CT molecular complexity index is 514. The molecule has 2 rings (SSSR count). The Morgan fingerprint density at radius 2 is 2.00 bits per heavy atom. The first-order valence-electron chi connectivity index (χ1n) is 5.82. The normalized spacial score (nSPS) is 10.9. The number of anilines is 1. The van der Waals surface area contributed by atoms with Crippen molar-refractivity contribution in [2.45, 2.75) is 24.0 Å². The third kappa shape index (κ3) is 3.87. The lowest BCUT2D eigenvalue weighted by molar-refractivity contribution is 0.252. The van der Waals surface area contributed by atoms with Crippen LogP contribution in [-0.4, -0.2) is 21.0 Å². The number of hydrogen-bond donors (Lipinski definition) is 1. The number of halogens is 2. The van der Waals surface area contributed by atoms with Crippen molar-refractivity contribution in [2.75, 3.05) is 11.9 Å². The van der Waals surface area contributed by atoms with Gasteiger partial charge in [0.2, 0.25) is 0 Å². The predicted octanol–water partition coefficient (Wildman–Crippen LogP) is 4.34. The summed E-state index contributed by atoms with van der Waals surface area (Å²) in [5.41, 5.74) is 1.65. The zero-order valence-corrected chi connectivity index (χ0v) is 11.9. The summed E-state index contributed by atoms with van der Waals surface area (Å²) in [6.45, 7) is 2.90. The van der Waals surface area contributed by atoms with E-state index in [0.29, 0.717) is 16.7 Å². The standard InChI is InChI=1S/C12H13F2N3S2/c1-2-7-15-11-10(16-19-17-11)8-3-5-9(6-4-8)18-12(13)14/h3-6,12H,2,7H2,1H3,(H,15,17). The lowest BCUT2D eigenvalue weighted by atomic mass is 10.1.